The molecule has 0 fully saturated rings. The van der Waals surface area contributed by atoms with Gasteiger partial charge in [0.05, 0.1) is 0 Å². The molecule has 0 bridgehead atoms. The summed E-state index contributed by atoms with van der Waals surface area (Å²) < 4.78 is 5.17. The van der Waals surface area contributed by atoms with Gasteiger partial charge >= 0.3 is 6.01 Å². The number of rotatable bonds is 5. The van der Waals surface area contributed by atoms with Crippen LogP contribution in [0.25, 0.3) is 0 Å². The van der Waals surface area contributed by atoms with Gasteiger partial charge in [-0.05, 0) is 17.7 Å². The maximum Gasteiger partial charge on any atom is 0.322 e. The molecule has 27 heavy (non-hydrogen) atoms. The van der Waals surface area contributed by atoms with Gasteiger partial charge in [-0.1, -0.05) is 42.4 Å². The molecule has 1 aromatic carbocycles. The van der Waals surface area contributed by atoms with Gasteiger partial charge < -0.3 is 9.73 Å². The van der Waals surface area contributed by atoms with Crippen molar-refractivity contribution in [1.82, 2.24) is 20.5 Å². The first kappa shape index (κ1) is 18.2. The maximum absolute atomic E-state index is 12.6. The smallest absolute Gasteiger partial charge is 0.322 e. The molecule has 0 unspecified atom stereocenters. The van der Waals surface area contributed by atoms with Crippen molar-refractivity contribution in [2.75, 3.05) is 12.4 Å². The van der Waals surface area contributed by atoms with E-state index in [1.165, 1.54) is 13.1 Å². The average Bonchev–Trinajstić information content (AvgIpc) is 3.11. The van der Waals surface area contributed by atoms with Crippen LogP contribution in [0.1, 0.15) is 50.8 Å². The maximum atomic E-state index is 12.6. The van der Waals surface area contributed by atoms with Crippen LogP contribution >= 0.6 is 0 Å². The van der Waals surface area contributed by atoms with Crippen molar-refractivity contribution in [3.05, 3.63) is 70.9 Å². The number of hydrogen-bond acceptors (Lipinski definition) is 6. The fourth-order valence-electron chi connectivity index (χ4n) is 2.58. The predicted octanol–water partition coefficient (Wildman–Crippen LogP) is 2.54. The van der Waals surface area contributed by atoms with Crippen LogP contribution in [-0.4, -0.2) is 34.0 Å². The number of carbonyl (C=O) groups is 2. The molecule has 8 nitrogen and oxygen atoms in total. The Morgan fingerprint density at radius 1 is 1.07 bits per heavy atom. The number of amides is 2. The molecule has 3 aromatic rings. The van der Waals surface area contributed by atoms with E-state index in [1.54, 1.807) is 13.0 Å². The second-order valence-corrected chi connectivity index (χ2v) is 5.96. The highest BCUT2D eigenvalue weighted by Crippen LogP contribution is 2.24. The molecule has 8 heteroatoms. The highest BCUT2D eigenvalue weighted by atomic mass is 16.4. The lowest BCUT2D eigenvalue weighted by atomic mass is 9.96. The number of aryl methyl sites for hydroxylation is 1. The quantitative estimate of drug-likeness (QED) is 0.719. The molecule has 2 N–H and O–H groups in total. The number of nitrogens with one attached hydrogen (secondary N) is 2. The van der Waals surface area contributed by atoms with Gasteiger partial charge in [-0.2, -0.15) is 0 Å². The molecule has 0 radical (unpaired) electrons. The van der Waals surface area contributed by atoms with E-state index in [0.717, 1.165) is 5.56 Å². The Morgan fingerprint density at radius 3 is 2.44 bits per heavy atom. The van der Waals surface area contributed by atoms with Gasteiger partial charge in [0.25, 0.3) is 11.8 Å². The Balaban J connectivity index is 1.97. The van der Waals surface area contributed by atoms with E-state index < -0.39 is 5.91 Å². The van der Waals surface area contributed by atoms with E-state index in [0.29, 0.717) is 11.6 Å². The zero-order chi connectivity index (χ0) is 19.4. The van der Waals surface area contributed by atoms with Crippen LogP contribution in [-0.2, 0) is 0 Å². The van der Waals surface area contributed by atoms with Crippen LogP contribution in [0.15, 0.2) is 46.9 Å². The lowest BCUT2D eigenvalue weighted by Crippen LogP contribution is -2.22. The van der Waals surface area contributed by atoms with Gasteiger partial charge in [0.1, 0.15) is 5.69 Å². The molecule has 0 saturated carbocycles. The topological polar surface area (TPSA) is 110 Å². The highest BCUT2D eigenvalue weighted by molar-refractivity contribution is 6.04. The average molecular weight is 365 g/mol. The third-order valence-electron chi connectivity index (χ3n) is 4.06. The molecule has 2 amide bonds. The molecule has 0 aliphatic carbocycles. The Bertz CT molecular complexity index is 968. The van der Waals surface area contributed by atoms with Crippen LogP contribution in [0, 0.1) is 6.92 Å². The molecule has 1 atom stereocenters. The van der Waals surface area contributed by atoms with E-state index in [1.807, 2.05) is 37.3 Å². The number of benzene rings is 1. The van der Waals surface area contributed by atoms with Crippen molar-refractivity contribution in [3.8, 4) is 0 Å². The molecule has 2 aromatic heterocycles. The monoisotopic (exact) mass is 365 g/mol. The predicted molar refractivity (Wildman–Crippen MR) is 98.6 cm³/mol. The van der Waals surface area contributed by atoms with Gasteiger partial charge in [0, 0.05) is 31.1 Å². The SMILES string of the molecule is CNC(=O)c1cc(C(=O)Nc2nnc(C)o2)cc([C@@H](C)c2ccccc2)n1. The zero-order valence-corrected chi connectivity index (χ0v) is 15.2. The second-order valence-electron chi connectivity index (χ2n) is 5.96. The molecular weight excluding hydrogens is 346 g/mol. The van der Waals surface area contributed by atoms with Crippen molar-refractivity contribution in [2.24, 2.45) is 0 Å². The van der Waals surface area contributed by atoms with Gasteiger partial charge in [-0.15, -0.1) is 5.10 Å². The van der Waals surface area contributed by atoms with E-state index in [2.05, 4.69) is 25.8 Å². The molecule has 0 spiro atoms. The van der Waals surface area contributed by atoms with Gasteiger partial charge in [0.15, 0.2) is 0 Å². The fourth-order valence-corrected chi connectivity index (χ4v) is 2.58. The van der Waals surface area contributed by atoms with E-state index in [9.17, 15) is 9.59 Å². The van der Waals surface area contributed by atoms with Crippen molar-refractivity contribution in [3.63, 3.8) is 0 Å². The Hall–Kier alpha value is -3.55. The number of hydrogen-bond donors (Lipinski definition) is 2. The second kappa shape index (κ2) is 7.77. The number of pyridine rings is 1. The van der Waals surface area contributed by atoms with Crippen LogP contribution < -0.4 is 10.6 Å². The fraction of sp³-hybridized carbons (Fsp3) is 0.211. The first-order valence-electron chi connectivity index (χ1n) is 8.38. The van der Waals surface area contributed by atoms with Crippen molar-refractivity contribution < 1.29 is 14.0 Å². The van der Waals surface area contributed by atoms with E-state index in [4.69, 9.17) is 4.42 Å². The summed E-state index contributed by atoms with van der Waals surface area (Å²) >= 11 is 0. The normalized spacial score (nSPS) is 11.7. The summed E-state index contributed by atoms with van der Waals surface area (Å²) in [4.78, 5) is 29.1. The summed E-state index contributed by atoms with van der Waals surface area (Å²) in [5.41, 5.74) is 2.06. The lowest BCUT2D eigenvalue weighted by Gasteiger charge is -2.14. The van der Waals surface area contributed by atoms with Crippen LogP contribution in [0.4, 0.5) is 6.01 Å². The number of aromatic nitrogens is 3. The van der Waals surface area contributed by atoms with E-state index in [-0.39, 0.29) is 29.1 Å². The Kier molecular flexibility index (Phi) is 5.25. The van der Waals surface area contributed by atoms with Crippen molar-refractivity contribution >= 4 is 17.8 Å². The summed E-state index contributed by atoms with van der Waals surface area (Å²) in [6, 6.07) is 12.8. The molecule has 0 saturated heterocycles. The third kappa shape index (κ3) is 4.17. The number of nitrogens with zero attached hydrogens (tertiary/aromatic N) is 3. The van der Waals surface area contributed by atoms with Crippen LogP contribution in [0.5, 0.6) is 0 Å². The Labute approximate surface area is 156 Å². The molecular formula is C19H19N5O3. The van der Waals surface area contributed by atoms with Crippen LogP contribution in [0.2, 0.25) is 0 Å². The van der Waals surface area contributed by atoms with E-state index >= 15 is 0 Å². The van der Waals surface area contributed by atoms with Gasteiger partial charge in [-0.25, -0.2) is 4.98 Å². The zero-order valence-electron chi connectivity index (χ0n) is 15.2. The van der Waals surface area contributed by atoms with Crippen molar-refractivity contribution in [2.45, 2.75) is 19.8 Å². The lowest BCUT2D eigenvalue weighted by molar-refractivity contribution is 0.0958. The molecule has 138 valence electrons. The largest absolute Gasteiger partial charge is 0.408 e. The highest BCUT2D eigenvalue weighted by Gasteiger charge is 2.19. The first-order chi connectivity index (χ1) is 13.0. The minimum atomic E-state index is -0.465. The summed E-state index contributed by atoms with van der Waals surface area (Å²) in [6.07, 6.45) is 0. The standard InChI is InChI=1S/C19H19N5O3/c1-11(13-7-5-4-6-8-13)15-9-14(10-16(21-15)18(26)20-3)17(25)22-19-24-23-12(2)27-19/h4-11H,1-3H3,(H,20,26)(H,22,24,25)/t11-/m0/s1. The van der Waals surface area contributed by atoms with Gasteiger partial charge in [-0.3, -0.25) is 14.9 Å². The number of anilines is 1. The van der Waals surface area contributed by atoms with Crippen molar-refractivity contribution in [1.29, 1.82) is 0 Å². The number of carbonyl (C=O) groups excluding carboxylic acids is 2. The summed E-state index contributed by atoms with van der Waals surface area (Å²) in [7, 11) is 1.51. The molecule has 3 rings (SSSR count). The molecule has 2 heterocycles. The third-order valence-corrected chi connectivity index (χ3v) is 4.06. The van der Waals surface area contributed by atoms with Gasteiger partial charge in [0.2, 0.25) is 5.89 Å². The summed E-state index contributed by atoms with van der Waals surface area (Å²) in [6.45, 7) is 3.59. The minimum Gasteiger partial charge on any atom is -0.408 e. The first-order valence-corrected chi connectivity index (χ1v) is 8.38. The Morgan fingerprint density at radius 2 is 1.81 bits per heavy atom. The molecule has 0 aliphatic heterocycles. The summed E-state index contributed by atoms with van der Waals surface area (Å²) in [5, 5.41) is 12.5. The minimum absolute atomic E-state index is 0.00605. The van der Waals surface area contributed by atoms with Crippen LogP contribution in [0.3, 0.4) is 0 Å². The summed E-state index contributed by atoms with van der Waals surface area (Å²) in [5.74, 6) is -0.606. The molecule has 0 aliphatic rings.